The van der Waals surface area contributed by atoms with E-state index in [0.717, 1.165) is 0 Å². The highest BCUT2D eigenvalue weighted by atomic mass is 79.9. The second kappa shape index (κ2) is 22.7. The molecule has 0 bridgehead atoms. The van der Waals surface area contributed by atoms with Gasteiger partial charge in [0.25, 0.3) is 0 Å². The Morgan fingerprint density at radius 3 is 1.21 bits per heavy atom. The van der Waals surface area contributed by atoms with Crippen LogP contribution in [0.4, 0.5) is 26.3 Å². The highest BCUT2D eigenvalue weighted by molar-refractivity contribution is 9.11. The van der Waals surface area contributed by atoms with E-state index in [1.807, 2.05) is 33.8 Å². The molecule has 0 radical (unpaired) electrons. The first-order valence-corrected chi connectivity index (χ1v) is 10.2. The predicted molar refractivity (Wildman–Crippen MR) is 138 cm³/mol. The van der Waals surface area contributed by atoms with Gasteiger partial charge in [-0.3, -0.25) is 0 Å². The summed E-state index contributed by atoms with van der Waals surface area (Å²) in [7, 11) is -1.34. The van der Waals surface area contributed by atoms with Crippen LogP contribution in [0, 0.1) is 0 Å². The zero-order valence-corrected chi connectivity index (χ0v) is 19.9. The maximum atomic E-state index is 12.0. The fourth-order valence-corrected chi connectivity index (χ4v) is 1.43. The van der Waals surface area contributed by atoms with Crippen molar-refractivity contribution in [3.05, 3.63) is 83.9 Å². The number of hydrogen-bond donors (Lipinski definition) is 2. The van der Waals surface area contributed by atoms with Gasteiger partial charge in [-0.25, -0.2) is 0 Å². The second-order valence-corrected chi connectivity index (χ2v) is 5.99. The van der Waals surface area contributed by atoms with Gasteiger partial charge in [-0.2, -0.15) is 26.3 Å². The Bertz CT molecular complexity index is 735. The van der Waals surface area contributed by atoms with E-state index in [-0.39, 0.29) is 20.4 Å². The molecular weight excluding hydrogens is 525 g/mol. The first-order valence-electron chi connectivity index (χ1n) is 9.41. The van der Waals surface area contributed by atoms with Crippen LogP contribution in [0.2, 0.25) is 0 Å². The SMILES string of the molecule is C.C.C=C(Br)C(F)(F)F.C=C(c1ccccc1)C(F)(F)F.CC.CC.OB(O)c1ccccc1. The maximum absolute atomic E-state index is 12.0. The van der Waals surface area contributed by atoms with Crippen molar-refractivity contribution in [2.45, 2.75) is 54.9 Å². The van der Waals surface area contributed by atoms with Crippen molar-refractivity contribution in [1.82, 2.24) is 0 Å². The summed E-state index contributed by atoms with van der Waals surface area (Å²) in [5.74, 6) is 0. The van der Waals surface area contributed by atoms with Gasteiger partial charge in [-0.05, 0) is 27.0 Å². The van der Waals surface area contributed by atoms with Gasteiger partial charge in [0.1, 0.15) is 0 Å². The molecule has 10 heteroatoms. The van der Waals surface area contributed by atoms with Crippen LogP contribution in [0.15, 0.2) is 78.3 Å². The zero-order chi connectivity index (χ0) is 26.0. The lowest BCUT2D eigenvalue weighted by Gasteiger charge is -2.08. The number of benzene rings is 2. The first kappa shape index (κ1) is 42.2. The molecule has 2 aromatic carbocycles. The Hall–Kier alpha value is -2.04. The lowest BCUT2D eigenvalue weighted by molar-refractivity contribution is -0.0825. The molecule has 0 fully saturated rings. The number of halogens is 7. The fraction of sp³-hybridized carbons (Fsp3) is 0.333. The third-order valence-corrected chi connectivity index (χ3v) is 3.32. The molecule has 0 aliphatic heterocycles. The molecule has 34 heavy (non-hydrogen) atoms. The quantitative estimate of drug-likeness (QED) is 0.286. The molecule has 0 atom stereocenters. The molecule has 2 N–H and O–H groups in total. The Morgan fingerprint density at radius 2 is 1.00 bits per heavy atom. The molecule has 0 aliphatic rings. The van der Waals surface area contributed by atoms with Gasteiger partial charge in [0.15, 0.2) is 0 Å². The molecule has 0 unspecified atom stereocenters. The molecule has 0 saturated heterocycles. The van der Waals surface area contributed by atoms with Gasteiger partial charge < -0.3 is 10.0 Å². The first-order chi connectivity index (χ1) is 14.8. The lowest BCUT2D eigenvalue weighted by Crippen LogP contribution is -2.29. The van der Waals surface area contributed by atoms with Crippen LogP contribution in [0.3, 0.4) is 0 Å². The Balaban J connectivity index is -0.000000115. The van der Waals surface area contributed by atoms with Gasteiger partial charge in [-0.1, -0.05) is 116 Å². The van der Waals surface area contributed by atoms with Crippen LogP contribution < -0.4 is 5.46 Å². The largest absolute Gasteiger partial charge is 0.488 e. The predicted octanol–water partition coefficient (Wildman–Crippen LogP) is 8.41. The standard InChI is InChI=1S/C9H7F3.C6H7BO2.C3H2BrF3.2C2H6.2CH4/c1-7(9(10,11)12)8-5-3-2-4-6-8;8-7(9)6-4-2-1-3-5-6;1-2(4)3(5,6)7;2*1-2;;/h2-6H,1H2;1-5,8-9H;1H2;2*1-2H3;2*1H4. The summed E-state index contributed by atoms with van der Waals surface area (Å²) < 4.78 is 68.3. The molecular formula is C24H36BBrF6O2. The third kappa shape index (κ3) is 21.8. The van der Waals surface area contributed by atoms with Crippen LogP contribution in [-0.2, 0) is 0 Å². The van der Waals surface area contributed by atoms with Gasteiger partial charge >= 0.3 is 19.5 Å². The van der Waals surface area contributed by atoms with E-state index in [9.17, 15) is 26.3 Å². The fourth-order valence-electron chi connectivity index (χ4n) is 1.43. The van der Waals surface area contributed by atoms with Gasteiger partial charge in [-0.15, -0.1) is 0 Å². The van der Waals surface area contributed by atoms with Gasteiger partial charge in [0.2, 0.25) is 0 Å². The number of alkyl halides is 6. The topological polar surface area (TPSA) is 40.5 Å². The van der Waals surface area contributed by atoms with Crippen molar-refractivity contribution in [3.8, 4) is 0 Å². The summed E-state index contributed by atoms with van der Waals surface area (Å²) in [5.41, 5.74) is -0.161. The molecule has 0 heterocycles. The molecule has 0 amide bonds. The normalized spacial score (nSPS) is 9.09. The Morgan fingerprint density at radius 1 is 0.706 bits per heavy atom. The molecule has 0 spiro atoms. The molecule has 0 aromatic heterocycles. The van der Waals surface area contributed by atoms with E-state index in [2.05, 4.69) is 29.1 Å². The van der Waals surface area contributed by atoms with Crippen LogP contribution >= 0.6 is 15.9 Å². The summed E-state index contributed by atoms with van der Waals surface area (Å²) in [5, 5.41) is 17.2. The third-order valence-electron chi connectivity index (χ3n) is 2.87. The number of allylic oxidation sites excluding steroid dienone is 2. The monoisotopic (exact) mass is 560 g/mol. The molecule has 196 valence electrons. The number of hydrogen-bond acceptors (Lipinski definition) is 2. The molecule has 0 saturated carbocycles. The molecule has 2 rings (SSSR count). The van der Waals surface area contributed by atoms with E-state index < -0.39 is 29.5 Å². The minimum atomic E-state index is -4.33. The van der Waals surface area contributed by atoms with Crippen LogP contribution in [0.5, 0.6) is 0 Å². The van der Waals surface area contributed by atoms with E-state index in [4.69, 9.17) is 10.0 Å². The van der Waals surface area contributed by atoms with E-state index >= 15 is 0 Å². The van der Waals surface area contributed by atoms with Crippen molar-refractivity contribution in [2.75, 3.05) is 0 Å². The minimum Gasteiger partial charge on any atom is -0.423 e. The van der Waals surface area contributed by atoms with E-state index in [1.165, 1.54) is 12.1 Å². The summed E-state index contributed by atoms with van der Waals surface area (Å²) in [6.45, 7) is 13.6. The van der Waals surface area contributed by atoms with Crippen LogP contribution in [0.25, 0.3) is 5.57 Å². The van der Waals surface area contributed by atoms with Gasteiger partial charge in [0.05, 0.1) is 10.1 Å². The van der Waals surface area contributed by atoms with Crippen molar-refractivity contribution >= 4 is 34.1 Å². The van der Waals surface area contributed by atoms with Crippen molar-refractivity contribution < 1.29 is 36.4 Å². The Labute approximate surface area is 209 Å². The minimum absolute atomic E-state index is 0. The lowest BCUT2D eigenvalue weighted by atomic mass is 9.81. The maximum Gasteiger partial charge on any atom is 0.488 e. The van der Waals surface area contributed by atoms with Crippen molar-refractivity contribution in [3.63, 3.8) is 0 Å². The second-order valence-electron chi connectivity index (χ2n) is 5.03. The summed E-state index contributed by atoms with van der Waals surface area (Å²) in [6.07, 6.45) is -8.61. The van der Waals surface area contributed by atoms with E-state index in [1.54, 1.807) is 42.5 Å². The molecule has 2 nitrogen and oxygen atoms in total. The summed E-state index contributed by atoms with van der Waals surface area (Å²) in [4.78, 5) is 0. The highest BCUT2D eigenvalue weighted by Gasteiger charge is 2.32. The Kier molecular flexibility index (Phi) is 28.2. The molecule has 2 aromatic rings. The average Bonchev–Trinajstić information content (AvgIpc) is 2.77. The van der Waals surface area contributed by atoms with Crippen LogP contribution in [-0.4, -0.2) is 29.5 Å². The highest BCUT2D eigenvalue weighted by Crippen LogP contribution is 2.31. The van der Waals surface area contributed by atoms with Crippen LogP contribution in [0.1, 0.15) is 48.1 Å². The van der Waals surface area contributed by atoms with Crippen molar-refractivity contribution in [2.24, 2.45) is 0 Å². The van der Waals surface area contributed by atoms with Crippen molar-refractivity contribution in [1.29, 1.82) is 0 Å². The zero-order valence-electron chi connectivity index (χ0n) is 18.3. The summed E-state index contributed by atoms with van der Waals surface area (Å²) in [6, 6.07) is 16.2. The summed E-state index contributed by atoms with van der Waals surface area (Å²) >= 11 is 2.18. The smallest absolute Gasteiger partial charge is 0.423 e. The van der Waals surface area contributed by atoms with E-state index in [0.29, 0.717) is 5.46 Å². The average molecular weight is 561 g/mol. The van der Waals surface area contributed by atoms with Gasteiger partial charge in [0, 0.05) is 0 Å². The number of rotatable bonds is 2. The molecule has 0 aliphatic carbocycles.